The second-order valence-corrected chi connectivity index (χ2v) is 6.08. The van der Waals surface area contributed by atoms with Crippen molar-refractivity contribution in [2.75, 3.05) is 13.1 Å². The van der Waals surface area contributed by atoms with Crippen LogP contribution in [0.2, 0.25) is 0 Å². The molecule has 0 spiro atoms. The average molecular weight is 289 g/mol. The Morgan fingerprint density at radius 3 is 2.53 bits per heavy atom. The maximum atomic E-state index is 11.9. The number of unbranched alkanes of at least 4 members (excludes halogenated alkanes) is 1. The van der Waals surface area contributed by atoms with Gasteiger partial charge in [-0.1, -0.05) is 26.2 Å². The number of nitrogens with one attached hydrogen (secondary N) is 2. The fourth-order valence-corrected chi connectivity index (χ4v) is 2.66. The van der Waals surface area contributed by atoms with Crippen LogP contribution in [0.4, 0.5) is 0 Å². The van der Waals surface area contributed by atoms with Gasteiger partial charge in [0.25, 0.3) is 0 Å². The van der Waals surface area contributed by atoms with Crippen molar-refractivity contribution < 1.29 is 4.79 Å². The van der Waals surface area contributed by atoms with Gasteiger partial charge in [0.05, 0.1) is 6.54 Å². The van der Waals surface area contributed by atoms with Gasteiger partial charge in [-0.3, -0.25) is 4.79 Å². The fourth-order valence-electron chi connectivity index (χ4n) is 2.66. The molecule has 19 heavy (non-hydrogen) atoms. The van der Waals surface area contributed by atoms with E-state index in [-0.39, 0.29) is 18.3 Å². The van der Waals surface area contributed by atoms with Gasteiger partial charge >= 0.3 is 0 Å². The van der Waals surface area contributed by atoms with E-state index in [0.29, 0.717) is 12.6 Å². The Morgan fingerprint density at radius 2 is 2.00 bits per heavy atom. The first kappa shape index (κ1) is 16.8. The van der Waals surface area contributed by atoms with Gasteiger partial charge in [-0.15, -0.1) is 12.4 Å². The molecule has 0 heterocycles. The lowest BCUT2D eigenvalue weighted by atomic mass is 9.78. The fraction of sp³-hybridized carbons (Fsp3) is 0.933. The maximum absolute atomic E-state index is 11.9. The molecule has 3 nitrogen and oxygen atoms in total. The molecule has 0 aliphatic heterocycles. The molecule has 1 atom stereocenters. The molecular weight excluding hydrogens is 260 g/mol. The second kappa shape index (κ2) is 8.80. The van der Waals surface area contributed by atoms with Crippen molar-refractivity contribution in [2.24, 2.45) is 11.8 Å². The average Bonchev–Trinajstić information content (AvgIpc) is 3.07. The highest BCUT2D eigenvalue weighted by molar-refractivity contribution is 5.85. The standard InChI is InChI=1S/C15H28N2O.ClH/c1-2-3-7-14(13-5-4-6-13)17-15(18)11-16-10-12-8-9-12;/h12-14,16H,2-11H2,1H3,(H,17,18);1H. The molecule has 0 aromatic heterocycles. The zero-order valence-corrected chi connectivity index (χ0v) is 12.9. The van der Waals surface area contributed by atoms with E-state index in [0.717, 1.165) is 24.8 Å². The molecule has 1 unspecified atom stereocenters. The number of hydrogen-bond donors (Lipinski definition) is 2. The minimum absolute atomic E-state index is 0. The van der Waals surface area contributed by atoms with Gasteiger partial charge in [-0.05, 0) is 50.5 Å². The number of carbonyl (C=O) groups excluding carboxylic acids is 1. The topological polar surface area (TPSA) is 41.1 Å². The van der Waals surface area contributed by atoms with E-state index in [2.05, 4.69) is 17.6 Å². The largest absolute Gasteiger partial charge is 0.352 e. The van der Waals surface area contributed by atoms with Crippen LogP contribution in [0.25, 0.3) is 0 Å². The molecule has 4 heteroatoms. The van der Waals surface area contributed by atoms with Crippen molar-refractivity contribution in [2.45, 2.75) is 64.3 Å². The summed E-state index contributed by atoms with van der Waals surface area (Å²) in [4.78, 5) is 11.9. The lowest BCUT2D eigenvalue weighted by Crippen LogP contribution is -2.46. The van der Waals surface area contributed by atoms with Crippen molar-refractivity contribution in [1.29, 1.82) is 0 Å². The Hall–Kier alpha value is -0.280. The minimum Gasteiger partial charge on any atom is -0.352 e. The van der Waals surface area contributed by atoms with Crippen LogP contribution >= 0.6 is 12.4 Å². The van der Waals surface area contributed by atoms with Crippen LogP contribution in [-0.2, 0) is 4.79 Å². The SMILES string of the molecule is CCCCC(NC(=O)CNCC1CC1)C1CCC1.Cl. The molecule has 2 aliphatic rings. The van der Waals surface area contributed by atoms with Gasteiger partial charge in [0, 0.05) is 6.04 Å². The first-order chi connectivity index (χ1) is 8.79. The molecule has 2 rings (SSSR count). The molecule has 2 aliphatic carbocycles. The van der Waals surface area contributed by atoms with Gasteiger partial charge in [-0.25, -0.2) is 0 Å². The predicted molar refractivity (Wildman–Crippen MR) is 81.6 cm³/mol. The number of carbonyl (C=O) groups is 1. The van der Waals surface area contributed by atoms with Crippen LogP contribution in [-0.4, -0.2) is 25.0 Å². The van der Waals surface area contributed by atoms with Crippen LogP contribution in [0.5, 0.6) is 0 Å². The van der Waals surface area contributed by atoms with Crippen LogP contribution in [0.1, 0.15) is 58.3 Å². The summed E-state index contributed by atoms with van der Waals surface area (Å²) in [5, 5.41) is 6.52. The molecule has 2 N–H and O–H groups in total. The van der Waals surface area contributed by atoms with Crippen molar-refractivity contribution >= 4 is 18.3 Å². The molecule has 0 saturated heterocycles. The monoisotopic (exact) mass is 288 g/mol. The van der Waals surface area contributed by atoms with Crippen molar-refractivity contribution in [3.05, 3.63) is 0 Å². The Morgan fingerprint density at radius 1 is 1.26 bits per heavy atom. The Bertz CT molecular complexity index is 265. The van der Waals surface area contributed by atoms with Crippen molar-refractivity contribution in [3.8, 4) is 0 Å². The van der Waals surface area contributed by atoms with Crippen LogP contribution in [0.3, 0.4) is 0 Å². The number of halogens is 1. The quantitative estimate of drug-likeness (QED) is 0.685. The highest BCUT2D eigenvalue weighted by atomic mass is 35.5. The molecule has 112 valence electrons. The molecule has 0 bridgehead atoms. The third-order valence-corrected chi connectivity index (χ3v) is 4.35. The predicted octanol–water partition coefficient (Wildman–Crippen LogP) is 2.88. The van der Waals surface area contributed by atoms with Crippen LogP contribution in [0, 0.1) is 11.8 Å². The number of rotatable bonds is 9. The van der Waals surface area contributed by atoms with Crippen molar-refractivity contribution in [3.63, 3.8) is 0 Å². The van der Waals surface area contributed by atoms with Gasteiger partial charge in [0.2, 0.25) is 5.91 Å². The van der Waals surface area contributed by atoms with Gasteiger partial charge < -0.3 is 10.6 Å². The van der Waals surface area contributed by atoms with E-state index >= 15 is 0 Å². The van der Waals surface area contributed by atoms with Gasteiger partial charge in [-0.2, -0.15) is 0 Å². The molecule has 2 saturated carbocycles. The number of amides is 1. The summed E-state index contributed by atoms with van der Waals surface area (Å²) >= 11 is 0. The molecular formula is C15H29ClN2O. The van der Waals surface area contributed by atoms with Gasteiger partial charge in [0.15, 0.2) is 0 Å². The molecule has 0 aromatic carbocycles. The summed E-state index contributed by atoms with van der Waals surface area (Å²) in [7, 11) is 0. The normalized spacial score (nSPS) is 20.3. The molecule has 0 aromatic rings. The second-order valence-electron chi connectivity index (χ2n) is 6.08. The molecule has 0 radical (unpaired) electrons. The van der Waals surface area contributed by atoms with Gasteiger partial charge in [0.1, 0.15) is 0 Å². The highest BCUT2D eigenvalue weighted by Crippen LogP contribution is 2.31. The van der Waals surface area contributed by atoms with E-state index in [4.69, 9.17) is 0 Å². The summed E-state index contributed by atoms with van der Waals surface area (Å²) in [5.41, 5.74) is 0. The lowest BCUT2D eigenvalue weighted by molar-refractivity contribution is -0.121. The summed E-state index contributed by atoms with van der Waals surface area (Å²) in [6, 6.07) is 0.439. The van der Waals surface area contributed by atoms with E-state index in [1.807, 2.05) is 0 Å². The van der Waals surface area contributed by atoms with E-state index in [9.17, 15) is 4.79 Å². The third kappa shape index (κ3) is 6.13. The summed E-state index contributed by atoms with van der Waals surface area (Å²) < 4.78 is 0. The highest BCUT2D eigenvalue weighted by Gasteiger charge is 2.28. The van der Waals surface area contributed by atoms with E-state index in [1.54, 1.807) is 0 Å². The van der Waals surface area contributed by atoms with Crippen LogP contribution in [0.15, 0.2) is 0 Å². The molecule has 2 fully saturated rings. The first-order valence-corrected chi connectivity index (χ1v) is 7.79. The smallest absolute Gasteiger partial charge is 0.234 e. The summed E-state index contributed by atoms with van der Waals surface area (Å²) in [6.07, 6.45) is 10.3. The summed E-state index contributed by atoms with van der Waals surface area (Å²) in [5.74, 6) is 1.80. The zero-order chi connectivity index (χ0) is 12.8. The Labute approximate surface area is 123 Å². The maximum Gasteiger partial charge on any atom is 0.234 e. The number of hydrogen-bond acceptors (Lipinski definition) is 2. The van der Waals surface area contributed by atoms with E-state index < -0.39 is 0 Å². The summed E-state index contributed by atoms with van der Waals surface area (Å²) in [6.45, 7) is 3.75. The zero-order valence-electron chi connectivity index (χ0n) is 12.1. The van der Waals surface area contributed by atoms with Crippen molar-refractivity contribution in [1.82, 2.24) is 10.6 Å². The van der Waals surface area contributed by atoms with Crippen LogP contribution < -0.4 is 10.6 Å². The first-order valence-electron chi connectivity index (χ1n) is 7.79. The Balaban J connectivity index is 0.00000180. The molecule has 1 amide bonds. The Kier molecular flexibility index (Phi) is 7.77. The van der Waals surface area contributed by atoms with E-state index in [1.165, 1.54) is 44.9 Å². The minimum atomic E-state index is 0. The third-order valence-electron chi connectivity index (χ3n) is 4.35. The lowest BCUT2D eigenvalue weighted by Gasteiger charge is -2.34.